The van der Waals surface area contributed by atoms with E-state index in [0.29, 0.717) is 6.61 Å². The summed E-state index contributed by atoms with van der Waals surface area (Å²) in [6, 6.07) is 16.0. The van der Waals surface area contributed by atoms with Gasteiger partial charge in [0.15, 0.2) is 6.79 Å². The fourth-order valence-corrected chi connectivity index (χ4v) is 2.52. The summed E-state index contributed by atoms with van der Waals surface area (Å²) in [7, 11) is 3.28. The van der Waals surface area contributed by atoms with Gasteiger partial charge in [-0.25, -0.2) is 0 Å². The van der Waals surface area contributed by atoms with Crippen LogP contribution in [0.2, 0.25) is 0 Å². The third-order valence-electron chi connectivity index (χ3n) is 3.73. The van der Waals surface area contributed by atoms with E-state index < -0.39 is 0 Å². The summed E-state index contributed by atoms with van der Waals surface area (Å²) >= 11 is 0. The van der Waals surface area contributed by atoms with Crippen molar-refractivity contribution in [1.82, 2.24) is 0 Å². The molecule has 25 heavy (non-hydrogen) atoms. The Morgan fingerprint density at radius 3 is 2.44 bits per heavy atom. The first-order valence-corrected chi connectivity index (χ1v) is 8.43. The Morgan fingerprint density at radius 1 is 1.00 bits per heavy atom. The lowest BCUT2D eigenvalue weighted by Gasteiger charge is -2.15. The van der Waals surface area contributed by atoms with Crippen LogP contribution < -0.4 is 9.47 Å². The second-order valence-corrected chi connectivity index (χ2v) is 5.38. The molecule has 4 nitrogen and oxygen atoms in total. The van der Waals surface area contributed by atoms with Crippen molar-refractivity contribution < 1.29 is 18.9 Å². The summed E-state index contributed by atoms with van der Waals surface area (Å²) in [5.41, 5.74) is 3.24. The van der Waals surface area contributed by atoms with Crippen molar-refractivity contribution in [2.75, 3.05) is 34.2 Å². The third-order valence-corrected chi connectivity index (χ3v) is 3.73. The molecule has 2 aromatic carbocycles. The van der Waals surface area contributed by atoms with Crippen molar-refractivity contribution in [3.8, 4) is 11.5 Å². The predicted octanol–water partition coefficient (Wildman–Crippen LogP) is 4.54. The summed E-state index contributed by atoms with van der Waals surface area (Å²) < 4.78 is 21.5. The van der Waals surface area contributed by atoms with E-state index in [1.54, 1.807) is 14.2 Å². The number of hydrogen-bond acceptors (Lipinski definition) is 4. The summed E-state index contributed by atoms with van der Waals surface area (Å²) in [5, 5.41) is 0. The molecule has 0 saturated heterocycles. The molecule has 0 aliphatic heterocycles. The zero-order valence-corrected chi connectivity index (χ0v) is 15.2. The molecule has 0 unspecified atom stereocenters. The minimum Gasteiger partial charge on any atom is -0.497 e. The molecule has 0 bridgehead atoms. The zero-order valence-electron chi connectivity index (χ0n) is 15.2. The Balaban J connectivity index is 2.37. The smallest absolute Gasteiger partial charge is 0.188 e. The topological polar surface area (TPSA) is 36.9 Å². The van der Waals surface area contributed by atoms with Crippen LogP contribution in [0.4, 0.5) is 0 Å². The molecule has 0 heterocycles. The largest absolute Gasteiger partial charge is 0.497 e. The quantitative estimate of drug-likeness (QED) is 0.469. The standard InChI is InChI=1S/C21H26O4/c1-4-24-15-7-9-19(17-11-13-18(23-3)14-12-17)20-8-5-6-10-21(20)25-16-22-2/h5-6,8-14H,4,7,15-16H2,1-3H3/b19-9-. The first-order valence-electron chi connectivity index (χ1n) is 8.43. The van der Waals surface area contributed by atoms with Crippen molar-refractivity contribution in [2.24, 2.45) is 0 Å². The molecule has 0 saturated carbocycles. The van der Waals surface area contributed by atoms with Crippen LogP contribution in [-0.4, -0.2) is 34.2 Å². The van der Waals surface area contributed by atoms with E-state index in [2.05, 4.69) is 24.3 Å². The molecule has 0 N–H and O–H groups in total. The second kappa shape index (κ2) is 10.5. The number of para-hydroxylation sites is 1. The average Bonchev–Trinajstić information content (AvgIpc) is 2.67. The fourth-order valence-electron chi connectivity index (χ4n) is 2.52. The third kappa shape index (κ3) is 5.62. The van der Waals surface area contributed by atoms with Crippen LogP contribution in [0.1, 0.15) is 24.5 Å². The molecule has 0 fully saturated rings. The van der Waals surface area contributed by atoms with E-state index in [4.69, 9.17) is 18.9 Å². The van der Waals surface area contributed by atoms with E-state index in [-0.39, 0.29) is 6.79 Å². The van der Waals surface area contributed by atoms with Gasteiger partial charge in [0, 0.05) is 19.3 Å². The summed E-state index contributed by atoms with van der Waals surface area (Å²) in [6.07, 6.45) is 3.01. The highest BCUT2D eigenvalue weighted by atomic mass is 16.7. The molecule has 4 heteroatoms. The summed E-state index contributed by atoms with van der Waals surface area (Å²) in [4.78, 5) is 0. The summed E-state index contributed by atoms with van der Waals surface area (Å²) in [6.45, 7) is 3.63. The van der Waals surface area contributed by atoms with Crippen molar-refractivity contribution >= 4 is 5.57 Å². The van der Waals surface area contributed by atoms with Gasteiger partial charge in [-0.05, 0) is 42.7 Å². The lowest BCUT2D eigenvalue weighted by molar-refractivity contribution is 0.0509. The van der Waals surface area contributed by atoms with Gasteiger partial charge in [-0.3, -0.25) is 0 Å². The highest BCUT2D eigenvalue weighted by Crippen LogP contribution is 2.32. The molecule has 0 atom stereocenters. The Labute approximate surface area is 150 Å². The van der Waals surface area contributed by atoms with Gasteiger partial charge in [-0.15, -0.1) is 0 Å². The molecular weight excluding hydrogens is 316 g/mol. The maximum absolute atomic E-state index is 5.74. The van der Waals surface area contributed by atoms with Gasteiger partial charge in [0.1, 0.15) is 11.5 Å². The lowest BCUT2D eigenvalue weighted by Crippen LogP contribution is -2.02. The van der Waals surface area contributed by atoms with E-state index in [0.717, 1.165) is 41.2 Å². The van der Waals surface area contributed by atoms with Crippen molar-refractivity contribution in [1.29, 1.82) is 0 Å². The molecule has 0 radical (unpaired) electrons. The van der Waals surface area contributed by atoms with Gasteiger partial charge in [0.25, 0.3) is 0 Å². The van der Waals surface area contributed by atoms with E-state index >= 15 is 0 Å². The second-order valence-electron chi connectivity index (χ2n) is 5.38. The molecule has 2 rings (SSSR count). The van der Waals surface area contributed by atoms with Gasteiger partial charge in [-0.2, -0.15) is 0 Å². The van der Waals surface area contributed by atoms with Gasteiger partial charge >= 0.3 is 0 Å². The van der Waals surface area contributed by atoms with Crippen LogP contribution in [0.5, 0.6) is 11.5 Å². The van der Waals surface area contributed by atoms with Crippen LogP contribution in [0, 0.1) is 0 Å². The Morgan fingerprint density at radius 2 is 1.76 bits per heavy atom. The number of ether oxygens (including phenoxy) is 4. The molecule has 0 aliphatic carbocycles. The SMILES string of the molecule is CCOCC/C=C(/c1ccc(OC)cc1)c1ccccc1OCOC. The normalized spacial score (nSPS) is 11.4. The zero-order chi connectivity index (χ0) is 17.9. The predicted molar refractivity (Wildman–Crippen MR) is 100 cm³/mol. The molecule has 134 valence electrons. The van der Waals surface area contributed by atoms with Crippen molar-refractivity contribution in [3.05, 3.63) is 65.7 Å². The first-order chi connectivity index (χ1) is 12.3. The Bertz CT molecular complexity index is 662. The van der Waals surface area contributed by atoms with E-state index in [1.807, 2.05) is 37.3 Å². The minimum absolute atomic E-state index is 0.214. The first kappa shape index (κ1) is 19.0. The van der Waals surface area contributed by atoms with Crippen molar-refractivity contribution in [3.63, 3.8) is 0 Å². The monoisotopic (exact) mass is 342 g/mol. The van der Waals surface area contributed by atoms with Gasteiger partial charge in [0.2, 0.25) is 0 Å². The number of benzene rings is 2. The number of methoxy groups -OCH3 is 2. The Hall–Kier alpha value is -2.30. The van der Waals surface area contributed by atoms with E-state index in [9.17, 15) is 0 Å². The molecule has 0 aromatic heterocycles. The fraction of sp³-hybridized carbons (Fsp3) is 0.333. The molecule has 0 spiro atoms. The van der Waals surface area contributed by atoms with Gasteiger partial charge in [-0.1, -0.05) is 36.4 Å². The summed E-state index contributed by atoms with van der Waals surface area (Å²) in [5.74, 6) is 1.63. The maximum atomic E-state index is 5.74. The molecule has 0 amide bonds. The van der Waals surface area contributed by atoms with Crippen LogP contribution in [0.3, 0.4) is 0 Å². The molecule has 0 aliphatic rings. The highest BCUT2D eigenvalue weighted by molar-refractivity contribution is 5.83. The minimum atomic E-state index is 0.214. The van der Waals surface area contributed by atoms with Crippen LogP contribution >= 0.6 is 0 Å². The Kier molecular flexibility index (Phi) is 8.02. The number of rotatable bonds is 10. The van der Waals surface area contributed by atoms with Gasteiger partial charge < -0.3 is 18.9 Å². The highest BCUT2D eigenvalue weighted by Gasteiger charge is 2.11. The average molecular weight is 342 g/mol. The lowest BCUT2D eigenvalue weighted by atomic mass is 9.96. The molecular formula is C21H26O4. The van der Waals surface area contributed by atoms with Gasteiger partial charge in [0.05, 0.1) is 13.7 Å². The van der Waals surface area contributed by atoms with Crippen LogP contribution in [0.25, 0.3) is 5.57 Å². The van der Waals surface area contributed by atoms with E-state index in [1.165, 1.54) is 0 Å². The van der Waals surface area contributed by atoms with Crippen LogP contribution in [-0.2, 0) is 9.47 Å². The maximum Gasteiger partial charge on any atom is 0.188 e. The molecule has 2 aromatic rings. The van der Waals surface area contributed by atoms with Crippen LogP contribution in [0.15, 0.2) is 54.6 Å². The van der Waals surface area contributed by atoms with Crippen molar-refractivity contribution in [2.45, 2.75) is 13.3 Å². The number of hydrogen-bond donors (Lipinski definition) is 0.